The van der Waals surface area contributed by atoms with Gasteiger partial charge < -0.3 is 24.8 Å². The van der Waals surface area contributed by atoms with E-state index in [9.17, 15) is 9.59 Å². The molecule has 0 radical (unpaired) electrons. The van der Waals surface area contributed by atoms with Crippen molar-refractivity contribution < 1.29 is 23.8 Å². The van der Waals surface area contributed by atoms with E-state index >= 15 is 0 Å². The first-order valence-electron chi connectivity index (χ1n) is 9.91. The molecule has 164 valence electrons. The first-order chi connectivity index (χ1) is 15.0. The maximum absolute atomic E-state index is 12.7. The number of para-hydroxylation sites is 1. The van der Waals surface area contributed by atoms with Gasteiger partial charge in [0, 0.05) is 16.3 Å². The number of rotatable bonds is 8. The number of allylic oxidation sites excluding steroid dienone is 1. The van der Waals surface area contributed by atoms with E-state index in [4.69, 9.17) is 25.8 Å². The van der Waals surface area contributed by atoms with E-state index in [0.29, 0.717) is 39.8 Å². The van der Waals surface area contributed by atoms with Crippen molar-refractivity contribution in [2.75, 3.05) is 14.2 Å². The molecule has 3 rings (SSSR count). The molecule has 0 spiro atoms. The number of amides is 2. The lowest BCUT2D eigenvalue weighted by Crippen LogP contribution is -2.46. The third-order valence-electron chi connectivity index (χ3n) is 4.87. The molecule has 0 aromatic heterocycles. The summed E-state index contributed by atoms with van der Waals surface area (Å²) in [6.07, 6.45) is 1.27. The molecule has 0 aliphatic carbocycles. The van der Waals surface area contributed by atoms with Crippen LogP contribution in [-0.2, 0) is 16.1 Å². The average Bonchev–Trinajstić information content (AvgIpc) is 2.76. The Hall–Kier alpha value is -3.19. The molecule has 2 aromatic rings. The van der Waals surface area contributed by atoms with E-state index in [1.165, 1.54) is 14.2 Å². The summed E-state index contributed by atoms with van der Waals surface area (Å²) < 4.78 is 16.6. The standard InChI is InChI=1S/C23H25ClN2O5/c1-4-7-17-19(22(27)30-3)20(26-23(28)25-17)16-10-6-11-18(29-2)21(16)31-13-14-8-5-9-15(24)12-14/h5-6,8-12,20H,4,7,13H2,1-3H3,(H2,25,26,28). The first-order valence-corrected chi connectivity index (χ1v) is 10.3. The van der Waals surface area contributed by atoms with E-state index in [2.05, 4.69) is 10.6 Å². The van der Waals surface area contributed by atoms with Gasteiger partial charge in [0.25, 0.3) is 0 Å². The highest BCUT2D eigenvalue weighted by molar-refractivity contribution is 6.30. The smallest absolute Gasteiger partial charge is 0.337 e. The van der Waals surface area contributed by atoms with E-state index < -0.39 is 18.0 Å². The Balaban J connectivity index is 2.06. The summed E-state index contributed by atoms with van der Waals surface area (Å²) in [5, 5.41) is 6.16. The highest BCUT2D eigenvalue weighted by atomic mass is 35.5. The second-order valence-corrected chi connectivity index (χ2v) is 7.40. The molecule has 1 atom stereocenters. The summed E-state index contributed by atoms with van der Waals surface area (Å²) in [6, 6.07) is 11.5. The Morgan fingerprint density at radius 3 is 2.61 bits per heavy atom. The molecule has 31 heavy (non-hydrogen) atoms. The highest BCUT2D eigenvalue weighted by Crippen LogP contribution is 2.40. The Morgan fingerprint density at radius 1 is 1.16 bits per heavy atom. The van der Waals surface area contributed by atoms with E-state index in [-0.39, 0.29) is 6.61 Å². The van der Waals surface area contributed by atoms with Gasteiger partial charge >= 0.3 is 12.0 Å². The van der Waals surface area contributed by atoms with Crippen LogP contribution in [0.1, 0.15) is 36.9 Å². The van der Waals surface area contributed by atoms with Crippen molar-refractivity contribution in [2.45, 2.75) is 32.4 Å². The van der Waals surface area contributed by atoms with Gasteiger partial charge in [0.05, 0.1) is 25.8 Å². The summed E-state index contributed by atoms with van der Waals surface area (Å²) >= 11 is 6.08. The minimum atomic E-state index is -0.757. The molecular weight excluding hydrogens is 420 g/mol. The topological polar surface area (TPSA) is 85.9 Å². The fourth-order valence-electron chi connectivity index (χ4n) is 3.51. The zero-order valence-corrected chi connectivity index (χ0v) is 18.4. The number of benzene rings is 2. The van der Waals surface area contributed by atoms with Crippen molar-refractivity contribution in [3.05, 3.63) is 69.9 Å². The predicted octanol–water partition coefficient (Wildman–Crippen LogP) is 4.51. The van der Waals surface area contributed by atoms with Crippen molar-refractivity contribution in [1.29, 1.82) is 0 Å². The van der Waals surface area contributed by atoms with Crippen LogP contribution < -0.4 is 20.1 Å². The second kappa shape index (κ2) is 10.2. The third-order valence-corrected chi connectivity index (χ3v) is 5.11. The lowest BCUT2D eigenvalue weighted by atomic mass is 9.93. The molecule has 0 saturated heterocycles. The third kappa shape index (κ3) is 5.11. The van der Waals surface area contributed by atoms with Gasteiger partial charge in [-0.1, -0.05) is 49.2 Å². The minimum Gasteiger partial charge on any atom is -0.493 e. The number of hydrogen-bond donors (Lipinski definition) is 2. The molecule has 7 nitrogen and oxygen atoms in total. The van der Waals surface area contributed by atoms with Crippen molar-refractivity contribution in [3.8, 4) is 11.5 Å². The van der Waals surface area contributed by atoms with Gasteiger partial charge in [0.1, 0.15) is 6.61 Å². The average molecular weight is 445 g/mol. The molecule has 1 aliphatic rings. The molecule has 8 heteroatoms. The lowest BCUT2D eigenvalue weighted by molar-refractivity contribution is -0.136. The molecule has 0 saturated carbocycles. The molecule has 1 aliphatic heterocycles. The summed E-state index contributed by atoms with van der Waals surface area (Å²) in [5.41, 5.74) is 2.33. The molecule has 1 unspecified atom stereocenters. The normalized spacial score (nSPS) is 15.7. The summed E-state index contributed by atoms with van der Waals surface area (Å²) in [6.45, 7) is 2.20. The van der Waals surface area contributed by atoms with Crippen LogP contribution in [-0.4, -0.2) is 26.2 Å². The van der Waals surface area contributed by atoms with Gasteiger partial charge in [-0.3, -0.25) is 0 Å². The van der Waals surface area contributed by atoms with Crippen LogP contribution >= 0.6 is 11.6 Å². The predicted molar refractivity (Wildman–Crippen MR) is 117 cm³/mol. The van der Waals surface area contributed by atoms with Gasteiger partial charge in [-0.2, -0.15) is 0 Å². The van der Waals surface area contributed by atoms with Crippen LogP contribution in [0.5, 0.6) is 11.5 Å². The SMILES string of the molecule is CCCC1=C(C(=O)OC)C(c2cccc(OC)c2OCc2cccc(Cl)c2)NC(=O)N1. The molecule has 2 N–H and O–H groups in total. The highest BCUT2D eigenvalue weighted by Gasteiger charge is 2.35. The number of urea groups is 1. The van der Waals surface area contributed by atoms with Crippen LogP contribution in [0.25, 0.3) is 0 Å². The van der Waals surface area contributed by atoms with Crippen molar-refractivity contribution in [2.24, 2.45) is 0 Å². The van der Waals surface area contributed by atoms with Gasteiger partial charge in [0.2, 0.25) is 0 Å². The fourth-order valence-corrected chi connectivity index (χ4v) is 3.72. The van der Waals surface area contributed by atoms with Gasteiger partial charge in [0.15, 0.2) is 11.5 Å². The number of ether oxygens (including phenoxy) is 3. The Kier molecular flexibility index (Phi) is 7.41. The quantitative estimate of drug-likeness (QED) is 0.585. The van der Waals surface area contributed by atoms with Crippen LogP contribution in [0.2, 0.25) is 5.02 Å². The first kappa shape index (κ1) is 22.5. The molecular formula is C23H25ClN2O5. The number of methoxy groups -OCH3 is 2. The molecule has 1 heterocycles. The zero-order chi connectivity index (χ0) is 22.4. The molecule has 2 amide bonds. The van der Waals surface area contributed by atoms with Gasteiger partial charge in [-0.15, -0.1) is 0 Å². The van der Waals surface area contributed by atoms with Crippen molar-refractivity contribution in [1.82, 2.24) is 10.6 Å². The number of carbonyl (C=O) groups is 2. The Labute approximate surface area is 186 Å². The van der Waals surface area contributed by atoms with Crippen molar-refractivity contribution in [3.63, 3.8) is 0 Å². The molecule has 0 fully saturated rings. The largest absolute Gasteiger partial charge is 0.493 e. The molecule has 2 aromatic carbocycles. The second-order valence-electron chi connectivity index (χ2n) is 6.96. The Morgan fingerprint density at radius 2 is 1.94 bits per heavy atom. The van der Waals surface area contributed by atoms with E-state index in [1.54, 1.807) is 24.3 Å². The van der Waals surface area contributed by atoms with Crippen molar-refractivity contribution >= 4 is 23.6 Å². The maximum atomic E-state index is 12.7. The number of halogens is 1. The number of esters is 1. The summed E-state index contributed by atoms with van der Waals surface area (Å²) in [5.74, 6) is 0.382. The summed E-state index contributed by atoms with van der Waals surface area (Å²) in [4.78, 5) is 25.0. The van der Waals surface area contributed by atoms with Crippen LogP contribution in [0.15, 0.2) is 53.7 Å². The van der Waals surface area contributed by atoms with E-state index in [1.807, 2.05) is 25.1 Å². The van der Waals surface area contributed by atoms with Gasteiger partial charge in [-0.05, 0) is 30.2 Å². The summed E-state index contributed by atoms with van der Waals surface area (Å²) in [7, 11) is 2.85. The Bertz CT molecular complexity index is 1010. The van der Waals surface area contributed by atoms with Crippen LogP contribution in [0, 0.1) is 0 Å². The van der Waals surface area contributed by atoms with Gasteiger partial charge in [-0.25, -0.2) is 9.59 Å². The van der Waals surface area contributed by atoms with E-state index in [0.717, 1.165) is 12.0 Å². The fraction of sp³-hybridized carbons (Fsp3) is 0.304. The maximum Gasteiger partial charge on any atom is 0.337 e. The number of nitrogens with one attached hydrogen (secondary N) is 2. The molecule has 0 bridgehead atoms. The van der Waals surface area contributed by atoms with Crippen LogP contribution in [0.3, 0.4) is 0 Å². The minimum absolute atomic E-state index is 0.228. The number of carbonyl (C=O) groups excluding carboxylic acids is 2. The van der Waals surface area contributed by atoms with Crippen LogP contribution in [0.4, 0.5) is 4.79 Å². The monoisotopic (exact) mass is 444 g/mol. The lowest BCUT2D eigenvalue weighted by Gasteiger charge is -2.30. The zero-order valence-electron chi connectivity index (χ0n) is 17.7. The number of hydrogen-bond acceptors (Lipinski definition) is 5.